The lowest BCUT2D eigenvalue weighted by Gasteiger charge is -2.26. The third-order valence-corrected chi connectivity index (χ3v) is 4.00. The Hall–Kier alpha value is -2.30. The van der Waals surface area contributed by atoms with Crippen molar-refractivity contribution < 1.29 is 4.79 Å². The maximum absolute atomic E-state index is 11.3. The van der Waals surface area contributed by atoms with Gasteiger partial charge in [-0.1, -0.05) is 38.1 Å². The van der Waals surface area contributed by atoms with Crippen molar-refractivity contribution in [3.63, 3.8) is 0 Å². The predicted octanol–water partition coefficient (Wildman–Crippen LogP) is 2.51. The van der Waals surface area contributed by atoms with Gasteiger partial charge in [0.15, 0.2) is 5.69 Å². The number of rotatable bonds is 3. The molecule has 0 saturated carbocycles. The SMILES string of the molecule is CC(C)c1ccc(C2CCNc3cc(C(N)=O)nn32)cc1. The predicted molar refractivity (Wildman–Crippen MR) is 82.5 cm³/mol. The molecule has 0 aliphatic carbocycles. The lowest BCUT2D eigenvalue weighted by atomic mass is 9.97. The summed E-state index contributed by atoms with van der Waals surface area (Å²) in [5.74, 6) is 0.884. The zero-order valence-electron chi connectivity index (χ0n) is 12.3. The highest BCUT2D eigenvalue weighted by Gasteiger charge is 2.24. The van der Waals surface area contributed by atoms with Gasteiger partial charge in [0.05, 0.1) is 6.04 Å². The van der Waals surface area contributed by atoms with Crippen LogP contribution in [0.15, 0.2) is 30.3 Å². The zero-order chi connectivity index (χ0) is 15.0. The fourth-order valence-electron chi connectivity index (χ4n) is 2.75. The minimum absolute atomic E-state index is 0.149. The highest BCUT2D eigenvalue weighted by atomic mass is 16.1. The molecule has 1 unspecified atom stereocenters. The van der Waals surface area contributed by atoms with Crippen LogP contribution in [-0.2, 0) is 0 Å². The van der Waals surface area contributed by atoms with E-state index in [9.17, 15) is 4.79 Å². The van der Waals surface area contributed by atoms with Crippen LogP contribution in [0.5, 0.6) is 0 Å². The van der Waals surface area contributed by atoms with E-state index in [1.54, 1.807) is 6.07 Å². The molecule has 1 aliphatic heterocycles. The van der Waals surface area contributed by atoms with E-state index < -0.39 is 5.91 Å². The fourth-order valence-corrected chi connectivity index (χ4v) is 2.75. The summed E-state index contributed by atoms with van der Waals surface area (Å²) in [6, 6.07) is 10.5. The number of fused-ring (bicyclic) bond motifs is 1. The summed E-state index contributed by atoms with van der Waals surface area (Å²) in [7, 11) is 0. The minimum atomic E-state index is -0.493. The van der Waals surface area contributed by atoms with Crippen molar-refractivity contribution in [2.45, 2.75) is 32.2 Å². The number of amides is 1. The largest absolute Gasteiger partial charge is 0.370 e. The van der Waals surface area contributed by atoms with Crippen LogP contribution in [-0.4, -0.2) is 22.2 Å². The smallest absolute Gasteiger partial charge is 0.269 e. The summed E-state index contributed by atoms with van der Waals surface area (Å²) in [6.07, 6.45) is 0.938. The van der Waals surface area contributed by atoms with Gasteiger partial charge in [-0.15, -0.1) is 0 Å². The van der Waals surface area contributed by atoms with Gasteiger partial charge in [-0.25, -0.2) is 4.68 Å². The summed E-state index contributed by atoms with van der Waals surface area (Å²) < 4.78 is 1.87. The van der Waals surface area contributed by atoms with Crippen LogP contribution in [0, 0.1) is 0 Å². The highest BCUT2D eigenvalue weighted by Crippen LogP contribution is 2.30. The zero-order valence-corrected chi connectivity index (χ0v) is 12.3. The lowest BCUT2D eigenvalue weighted by Crippen LogP contribution is -2.24. The number of primary amides is 1. The Labute approximate surface area is 124 Å². The van der Waals surface area contributed by atoms with E-state index in [-0.39, 0.29) is 6.04 Å². The van der Waals surface area contributed by atoms with E-state index in [1.165, 1.54) is 11.1 Å². The average Bonchev–Trinajstić information content (AvgIpc) is 2.91. The van der Waals surface area contributed by atoms with E-state index in [1.807, 2.05) is 4.68 Å². The normalized spacial score (nSPS) is 17.4. The summed E-state index contributed by atoms with van der Waals surface area (Å²) in [6.45, 7) is 5.23. The van der Waals surface area contributed by atoms with Crippen molar-refractivity contribution in [1.29, 1.82) is 0 Å². The maximum atomic E-state index is 11.3. The topological polar surface area (TPSA) is 72.9 Å². The van der Waals surface area contributed by atoms with Gasteiger partial charge in [-0.05, 0) is 23.5 Å². The molecule has 1 aliphatic rings. The molecule has 1 aromatic heterocycles. The van der Waals surface area contributed by atoms with E-state index in [2.05, 4.69) is 48.5 Å². The number of anilines is 1. The van der Waals surface area contributed by atoms with Gasteiger partial charge in [-0.3, -0.25) is 4.79 Å². The van der Waals surface area contributed by atoms with E-state index in [0.29, 0.717) is 11.6 Å². The number of aromatic nitrogens is 2. The number of nitrogens with zero attached hydrogens (tertiary/aromatic N) is 2. The molecule has 21 heavy (non-hydrogen) atoms. The third-order valence-electron chi connectivity index (χ3n) is 4.00. The number of hydrogen-bond acceptors (Lipinski definition) is 3. The van der Waals surface area contributed by atoms with Crippen molar-refractivity contribution in [3.05, 3.63) is 47.2 Å². The van der Waals surface area contributed by atoms with Crippen LogP contribution in [0.25, 0.3) is 0 Å². The second-order valence-corrected chi connectivity index (χ2v) is 5.78. The molecule has 3 rings (SSSR count). The van der Waals surface area contributed by atoms with Crippen LogP contribution in [0.1, 0.15) is 53.8 Å². The van der Waals surface area contributed by atoms with Crippen LogP contribution < -0.4 is 11.1 Å². The van der Waals surface area contributed by atoms with Gasteiger partial charge in [0.1, 0.15) is 5.82 Å². The molecular formula is C16H20N4O. The summed E-state index contributed by atoms with van der Waals surface area (Å²) in [5, 5.41) is 7.61. The highest BCUT2D eigenvalue weighted by molar-refractivity contribution is 5.91. The van der Waals surface area contributed by atoms with Crippen LogP contribution >= 0.6 is 0 Å². The van der Waals surface area contributed by atoms with Crippen molar-refractivity contribution in [2.75, 3.05) is 11.9 Å². The van der Waals surface area contributed by atoms with E-state index >= 15 is 0 Å². The molecular weight excluding hydrogens is 264 g/mol. The Kier molecular flexibility index (Phi) is 3.41. The molecule has 0 radical (unpaired) electrons. The molecule has 110 valence electrons. The fraction of sp³-hybridized carbons (Fsp3) is 0.375. The van der Waals surface area contributed by atoms with Gasteiger partial charge < -0.3 is 11.1 Å². The first-order valence-electron chi connectivity index (χ1n) is 7.29. The van der Waals surface area contributed by atoms with Crippen LogP contribution in [0.2, 0.25) is 0 Å². The number of benzene rings is 1. The van der Waals surface area contributed by atoms with Crippen LogP contribution in [0.4, 0.5) is 5.82 Å². The van der Waals surface area contributed by atoms with Crippen molar-refractivity contribution in [3.8, 4) is 0 Å². The molecule has 1 aromatic carbocycles. The molecule has 1 amide bonds. The van der Waals surface area contributed by atoms with E-state index in [4.69, 9.17) is 5.73 Å². The monoisotopic (exact) mass is 284 g/mol. The lowest BCUT2D eigenvalue weighted by molar-refractivity contribution is 0.0994. The number of carbonyl (C=O) groups excluding carboxylic acids is 1. The first-order valence-corrected chi connectivity index (χ1v) is 7.29. The quantitative estimate of drug-likeness (QED) is 0.909. The first kappa shape index (κ1) is 13.7. The molecule has 2 heterocycles. The molecule has 1 atom stereocenters. The average molecular weight is 284 g/mol. The van der Waals surface area contributed by atoms with Crippen molar-refractivity contribution >= 4 is 11.7 Å². The second kappa shape index (κ2) is 5.24. The van der Waals surface area contributed by atoms with Crippen LogP contribution in [0.3, 0.4) is 0 Å². The molecule has 0 spiro atoms. The second-order valence-electron chi connectivity index (χ2n) is 5.78. The Morgan fingerprint density at radius 3 is 2.71 bits per heavy atom. The molecule has 0 saturated heterocycles. The minimum Gasteiger partial charge on any atom is -0.370 e. The summed E-state index contributed by atoms with van der Waals surface area (Å²) in [5.41, 5.74) is 8.16. The molecule has 0 fully saturated rings. The van der Waals surface area contributed by atoms with Crippen molar-refractivity contribution in [1.82, 2.24) is 9.78 Å². The van der Waals surface area contributed by atoms with Crippen molar-refractivity contribution in [2.24, 2.45) is 5.73 Å². The summed E-state index contributed by atoms with van der Waals surface area (Å²) in [4.78, 5) is 11.3. The number of hydrogen-bond donors (Lipinski definition) is 2. The number of nitrogens with one attached hydrogen (secondary N) is 1. The Morgan fingerprint density at radius 2 is 2.10 bits per heavy atom. The number of nitrogens with two attached hydrogens (primary N) is 1. The summed E-state index contributed by atoms with van der Waals surface area (Å²) >= 11 is 0. The maximum Gasteiger partial charge on any atom is 0.269 e. The molecule has 3 N–H and O–H groups in total. The number of carbonyl (C=O) groups is 1. The Balaban J connectivity index is 1.95. The molecule has 2 aromatic rings. The molecule has 5 heteroatoms. The molecule has 0 bridgehead atoms. The first-order chi connectivity index (χ1) is 10.1. The van der Waals surface area contributed by atoms with Gasteiger partial charge in [0.25, 0.3) is 5.91 Å². The van der Waals surface area contributed by atoms with Gasteiger partial charge in [0.2, 0.25) is 0 Å². The molecule has 5 nitrogen and oxygen atoms in total. The van der Waals surface area contributed by atoms with Gasteiger partial charge in [-0.2, -0.15) is 5.10 Å². The third kappa shape index (κ3) is 2.51. The Bertz CT molecular complexity index is 657. The van der Waals surface area contributed by atoms with Gasteiger partial charge >= 0.3 is 0 Å². The van der Waals surface area contributed by atoms with E-state index in [0.717, 1.165) is 18.8 Å². The van der Waals surface area contributed by atoms with Gasteiger partial charge in [0, 0.05) is 12.6 Å². The Morgan fingerprint density at radius 1 is 1.38 bits per heavy atom. The standard InChI is InChI=1S/C16H20N4O/c1-10(2)11-3-5-12(6-4-11)14-7-8-18-15-9-13(16(17)21)19-20(14)15/h3-6,9-10,14,18H,7-8H2,1-2H3,(H2,17,21).